The van der Waals surface area contributed by atoms with Gasteiger partial charge in [-0.15, -0.1) is 11.8 Å². The monoisotopic (exact) mass is 424 g/mol. The molecule has 5 aliphatic rings. The molecule has 3 N–H and O–H groups in total. The number of thioether (sulfide) groups is 1. The summed E-state index contributed by atoms with van der Waals surface area (Å²) in [6.07, 6.45) is 5.29. The molecule has 1 aromatic carbocycles. The Balaban J connectivity index is 1.21. The molecule has 4 atom stereocenters. The van der Waals surface area contributed by atoms with Crippen LogP contribution in [-0.2, 0) is 21.5 Å². The van der Waals surface area contributed by atoms with Crippen LogP contribution in [-0.4, -0.2) is 40.8 Å². The van der Waals surface area contributed by atoms with Gasteiger partial charge in [-0.1, -0.05) is 24.3 Å². The van der Waals surface area contributed by atoms with Crippen molar-refractivity contribution in [3.63, 3.8) is 0 Å². The van der Waals surface area contributed by atoms with Crippen LogP contribution in [0.15, 0.2) is 34.7 Å². The van der Waals surface area contributed by atoms with Gasteiger partial charge in [0.1, 0.15) is 5.54 Å². The smallest absolute Gasteiger partial charge is 0.325 e. The van der Waals surface area contributed by atoms with E-state index in [1.807, 2.05) is 24.3 Å². The Morgan fingerprint density at radius 3 is 2.83 bits per heavy atom. The summed E-state index contributed by atoms with van der Waals surface area (Å²) in [5, 5.41) is 9.45. The van der Waals surface area contributed by atoms with E-state index in [2.05, 4.69) is 16.0 Å². The third-order valence-electron chi connectivity index (χ3n) is 7.16. The topological polar surface area (TPSA) is 90.5 Å². The van der Waals surface area contributed by atoms with Gasteiger partial charge in [0.15, 0.2) is 0 Å². The first kappa shape index (κ1) is 18.4. The molecular weight excluding hydrogens is 400 g/mol. The Bertz CT molecular complexity index is 1010. The molecule has 3 aliphatic heterocycles. The number of imide groups is 1. The lowest BCUT2D eigenvalue weighted by molar-refractivity contribution is -0.133. The van der Waals surface area contributed by atoms with Gasteiger partial charge in [-0.2, -0.15) is 0 Å². The number of aryl methyl sites for hydroxylation is 1. The molecule has 7 nitrogen and oxygen atoms in total. The first-order valence-corrected chi connectivity index (χ1v) is 11.6. The molecule has 2 aliphatic carbocycles. The van der Waals surface area contributed by atoms with Crippen LogP contribution in [0.1, 0.15) is 43.2 Å². The number of amides is 4. The zero-order valence-corrected chi connectivity index (χ0v) is 17.4. The molecule has 0 radical (unpaired) electrons. The summed E-state index contributed by atoms with van der Waals surface area (Å²) in [5.41, 5.74) is 2.34. The number of carbonyl (C=O) groups is 3. The normalized spacial score (nSPS) is 34.7. The van der Waals surface area contributed by atoms with Gasteiger partial charge in [-0.05, 0) is 60.1 Å². The maximum absolute atomic E-state index is 13.4. The molecule has 2 saturated heterocycles. The van der Waals surface area contributed by atoms with Crippen molar-refractivity contribution in [1.82, 2.24) is 20.9 Å². The van der Waals surface area contributed by atoms with Crippen LogP contribution in [0.5, 0.6) is 0 Å². The van der Waals surface area contributed by atoms with Crippen molar-refractivity contribution in [3.05, 3.63) is 45.9 Å². The van der Waals surface area contributed by atoms with Crippen LogP contribution in [0, 0.1) is 5.92 Å². The lowest BCUT2D eigenvalue weighted by atomic mass is 9.87. The number of nitrogens with zero attached hydrogens (tertiary/aromatic N) is 1. The predicted octanol–water partition coefficient (Wildman–Crippen LogP) is 1.94. The number of hydrogen-bond donors (Lipinski definition) is 3. The van der Waals surface area contributed by atoms with Crippen LogP contribution in [0.25, 0.3) is 0 Å². The molecule has 4 amide bonds. The third-order valence-corrected chi connectivity index (χ3v) is 8.57. The Kier molecular flexibility index (Phi) is 4.05. The van der Waals surface area contributed by atoms with Crippen molar-refractivity contribution in [2.75, 3.05) is 6.54 Å². The average molecular weight is 425 g/mol. The highest BCUT2D eigenvalue weighted by Crippen LogP contribution is 2.49. The van der Waals surface area contributed by atoms with E-state index in [0.29, 0.717) is 6.42 Å². The van der Waals surface area contributed by atoms with Crippen LogP contribution in [0.2, 0.25) is 0 Å². The second kappa shape index (κ2) is 6.59. The van der Waals surface area contributed by atoms with E-state index in [1.54, 1.807) is 11.8 Å². The van der Waals surface area contributed by atoms with Gasteiger partial charge in [0.05, 0.1) is 24.0 Å². The first-order chi connectivity index (χ1) is 14.6. The molecule has 2 fully saturated rings. The number of nitrogens with one attached hydrogen (secondary N) is 3. The summed E-state index contributed by atoms with van der Waals surface area (Å²) in [6, 6.07) is 7.43. The third kappa shape index (κ3) is 2.53. The summed E-state index contributed by atoms with van der Waals surface area (Å²) < 4.78 is 0. The van der Waals surface area contributed by atoms with Crippen LogP contribution in [0.3, 0.4) is 0 Å². The summed E-state index contributed by atoms with van der Waals surface area (Å²) >= 11 is 1.76. The highest BCUT2D eigenvalue weighted by molar-refractivity contribution is 8.04. The molecule has 0 bridgehead atoms. The molecule has 3 heterocycles. The standard InChI is InChI=1S/C22H24N4O3S/c27-18-17-13-6-2-4-8-15(13)30-19(17)24-16(23-18)11-26-20(28)22(25-21(26)29)10-9-12-5-1-3-7-14(12)22/h1,3,5,7,16-17,19,24H,2,4,6,8-11H2,(H,23,27)(H,25,29). The van der Waals surface area contributed by atoms with E-state index < -0.39 is 11.7 Å². The van der Waals surface area contributed by atoms with Gasteiger partial charge < -0.3 is 10.6 Å². The number of rotatable bonds is 2. The lowest BCUT2D eigenvalue weighted by Crippen LogP contribution is -2.63. The fraction of sp³-hybridized carbons (Fsp3) is 0.500. The number of allylic oxidation sites excluding steroid dienone is 1. The quantitative estimate of drug-likeness (QED) is 0.632. The Morgan fingerprint density at radius 2 is 1.93 bits per heavy atom. The number of hydrogen-bond acceptors (Lipinski definition) is 5. The SMILES string of the molecule is O=C1NC(CN2C(=O)NC3(CCc4ccccc43)C2=O)NC2SC3=C(CCCC3)C12. The van der Waals surface area contributed by atoms with Crippen molar-refractivity contribution in [1.29, 1.82) is 0 Å². The van der Waals surface area contributed by atoms with Crippen molar-refractivity contribution in [2.45, 2.75) is 55.6 Å². The molecular formula is C22H24N4O3S. The fourth-order valence-electron chi connectivity index (χ4n) is 5.73. The number of benzene rings is 1. The minimum Gasteiger partial charge on any atom is -0.338 e. The molecule has 30 heavy (non-hydrogen) atoms. The van der Waals surface area contributed by atoms with Crippen molar-refractivity contribution < 1.29 is 14.4 Å². The van der Waals surface area contributed by atoms with Crippen molar-refractivity contribution >= 4 is 29.6 Å². The van der Waals surface area contributed by atoms with Gasteiger partial charge in [-0.25, -0.2) is 4.79 Å². The van der Waals surface area contributed by atoms with E-state index in [4.69, 9.17) is 0 Å². The minimum atomic E-state index is -0.961. The fourth-order valence-corrected chi connectivity index (χ4v) is 7.34. The van der Waals surface area contributed by atoms with Gasteiger partial charge in [-0.3, -0.25) is 19.8 Å². The summed E-state index contributed by atoms with van der Waals surface area (Å²) in [5.74, 6) is -0.332. The Hall–Kier alpha value is -2.32. The highest BCUT2D eigenvalue weighted by atomic mass is 32.2. The minimum absolute atomic E-state index is 0.00576. The molecule has 6 rings (SSSR count). The van der Waals surface area contributed by atoms with Crippen molar-refractivity contribution in [2.24, 2.45) is 5.92 Å². The molecule has 1 aromatic rings. The molecule has 8 heteroatoms. The van der Waals surface area contributed by atoms with Crippen molar-refractivity contribution in [3.8, 4) is 0 Å². The van der Waals surface area contributed by atoms with E-state index in [0.717, 1.165) is 36.8 Å². The Labute approximate surface area is 179 Å². The average Bonchev–Trinajstić information content (AvgIpc) is 3.37. The van der Waals surface area contributed by atoms with Gasteiger partial charge >= 0.3 is 6.03 Å². The molecule has 0 saturated carbocycles. The van der Waals surface area contributed by atoms with Gasteiger partial charge in [0, 0.05) is 0 Å². The van der Waals surface area contributed by atoms with Gasteiger partial charge in [0.25, 0.3) is 5.91 Å². The number of urea groups is 1. The molecule has 1 spiro atoms. The molecule has 156 valence electrons. The van der Waals surface area contributed by atoms with E-state index >= 15 is 0 Å². The number of carbonyl (C=O) groups excluding carboxylic acids is 3. The van der Waals surface area contributed by atoms with E-state index in [1.165, 1.54) is 21.8 Å². The first-order valence-electron chi connectivity index (χ1n) is 10.7. The zero-order chi connectivity index (χ0) is 20.5. The second-order valence-electron chi connectivity index (χ2n) is 8.81. The lowest BCUT2D eigenvalue weighted by Gasteiger charge is -2.35. The molecule has 0 aromatic heterocycles. The van der Waals surface area contributed by atoms with Gasteiger partial charge in [0.2, 0.25) is 5.91 Å². The van der Waals surface area contributed by atoms with Crippen LogP contribution in [0.4, 0.5) is 4.79 Å². The maximum atomic E-state index is 13.4. The van der Waals surface area contributed by atoms with Crippen LogP contribution >= 0.6 is 11.8 Å². The number of fused-ring (bicyclic) bond motifs is 4. The van der Waals surface area contributed by atoms with E-state index in [9.17, 15) is 14.4 Å². The molecule has 4 unspecified atom stereocenters. The van der Waals surface area contributed by atoms with Crippen LogP contribution < -0.4 is 16.0 Å². The van der Waals surface area contributed by atoms with E-state index in [-0.39, 0.29) is 35.7 Å². The summed E-state index contributed by atoms with van der Waals surface area (Å²) in [7, 11) is 0. The summed E-state index contributed by atoms with van der Waals surface area (Å²) in [4.78, 5) is 41.7. The predicted molar refractivity (Wildman–Crippen MR) is 112 cm³/mol. The Morgan fingerprint density at radius 1 is 1.10 bits per heavy atom. The second-order valence-corrected chi connectivity index (χ2v) is 10.0. The summed E-state index contributed by atoms with van der Waals surface area (Å²) in [6.45, 7) is 0.134. The highest BCUT2D eigenvalue weighted by Gasteiger charge is 2.56. The maximum Gasteiger partial charge on any atom is 0.325 e. The zero-order valence-electron chi connectivity index (χ0n) is 16.6. The largest absolute Gasteiger partial charge is 0.338 e.